The summed E-state index contributed by atoms with van der Waals surface area (Å²) in [5.41, 5.74) is 12.2. The van der Waals surface area contributed by atoms with Crippen LogP contribution >= 0.6 is 0 Å². The third-order valence-electron chi connectivity index (χ3n) is 5.03. The number of nitrogens with one attached hydrogen (secondary N) is 3. The van der Waals surface area contributed by atoms with Gasteiger partial charge in [0.1, 0.15) is 17.3 Å². The average molecular weight is 553 g/mol. The van der Waals surface area contributed by atoms with Crippen molar-refractivity contribution in [2.45, 2.75) is 26.6 Å². The quantitative estimate of drug-likeness (QED) is 0.142. The summed E-state index contributed by atoms with van der Waals surface area (Å²) in [6, 6.07) is 17.1. The number of amidine groups is 1. The molecule has 0 spiro atoms. The number of carbonyl (C=O) groups is 3. The standard InChI is InChI=1S/C25H28N6O5.C2H4O2/c1-2-35-25(31-12-6-9-19(24(31)34)30-18-7-4-3-5-8-18)23(33)29-14-17-11-10-16(22(27)28)13-20(17)36-15-21(26)32;1-2(3)4/h3-13,25,30H,2,14-15H2,1H3,(H2,26,32)(H3,27,28)(H,29,33);1H3,(H,3,4). The van der Waals surface area contributed by atoms with Gasteiger partial charge in [0, 0.05) is 43.1 Å². The van der Waals surface area contributed by atoms with Gasteiger partial charge in [0.15, 0.2) is 6.61 Å². The Hall–Kier alpha value is -5.17. The van der Waals surface area contributed by atoms with Crippen LogP contribution in [0.1, 0.15) is 31.2 Å². The molecule has 2 aromatic carbocycles. The molecule has 212 valence electrons. The Morgan fingerprint density at radius 2 is 1.75 bits per heavy atom. The van der Waals surface area contributed by atoms with E-state index in [4.69, 9.17) is 36.3 Å². The molecule has 0 aliphatic rings. The zero-order valence-electron chi connectivity index (χ0n) is 22.0. The Morgan fingerprint density at radius 3 is 2.35 bits per heavy atom. The molecule has 3 rings (SSSR count). The average Bonchev–Trinajstić information content (AvgIpc) is 2.91. The molecular formula is C27H32N6O7. The molecule has 0 saturated carbocycles. The summed E-state index contributed by atoms with van der Waals surface area (Å²) >= 11 is 0. The number of primary amides is 1. The molecule has 1 heterocycles. The maximum absolute atomic E-state index is 13.1. The van der Waals surface area contributed by atoms with Gasteiger partial charge in [0.25, 0.3) is 23.3 Å². The van der Waals surface area contributed by atoms with Crippen molar-refractivity contribution in [3.05, 3.63) is 88.3 Å². The first kappa shape index (κ1) is 31.1. The highest BCUT2D eigenvalue weighted by molar-refractivity contribution is 5.95. The number of amides is 2. The molecule has 0 fully saturated rings. The number of aromatic nitrogens is 1. The molecule has 0 aliphatic heterocycles. The smallest absolute Gasteiger partial charge is 0.300 e. The topological polar surface area (TPSA) is 212 Å². The number of nitrogens with two attached hydrogens (primary N) is 2. The van der Waals surface area contributed by atoms with Crippen molar-refractivity contribution in [1.29, 1.82) is 5.41 Å². The number of pyridine rings is 1. The van der Waals surface area contributed by atoms with Crippen LogP contribution < -0.4 is 32.4 Å². The minimum Gasteiger partial charge on any atom is -0.483 e. The first-order chi connectivity index (χ1) is 19.0. The normalized spacial score (nSPS) is 10.8. The predicted octanol–water partition coefficient (Wildman–Crippen LogP) is 1.68. The largest absolute Gasteiger partial charge is 0.483 e. The predicted molar refractivity (Wildman–Crippen MR) is 148 cm³/mol. The molecule has 0 radical (unpaired) electrons. The number of aliphatic carboxylic acids is 1. The van der Waals surface area contributed by atoms with Crippen molar-refractivity contribution in [1.82, 2.24) is 9.88 Å². The minimum absolute atomic E-state index is 0.00854. The fourth-order valence-electron chi connectivity index (χ4n) is 3.33. The van der Waals surface area contributed by atoms with Crippen LogP contribution in [0.25, 0.3) is 0 Å². The van der Waals surface area contributed by atoms with E-state index in [2.05, 4.69) is 10.6 Å². The van der Waals surface area contributed by atoms with E-state index in [0.29, 0.717) is 11.1 Å². The molecule has 3 aromatic rings. The van der Waals surface area contributed by atoms with Gasteiger partial charge in [-0.1, -0.05) is 30.3 Å². The second kappa shape index (κ2) is 15.3. The van der Waals surface area contributed by atoms with Crippen molar-refractivity contribution >= 4 is 35.0 Å². The minimum atomic E-state index is -1.23. The Morgan fingerprint density at radius 1 is 1.07 bits per heavy atom. The number of rotatable bonds is 12. The van der Waals surface area contributed by atoms with Gasteiger partial charge in [-0.05, 0) is 37.3 Å². The first-order valence-electron chi connectivity index (χ1n) is 12.0. The molecule has 1 unspecified atom stereocenters. The lowest BCUT2D eigenvalue weighted by atomic mass is 10.1. The van der Waals surface area contributed by atoms with Crippen molar-refractivity contribution in [2.24, 2.45) is 11.5 Å². The van der Waals surface area contributed by atoms with Crippen LogP contribution in [0.2, 0.25) is 0 Å². The Balaban J connectivity index is 0.00000131. The summed E-state index contributed by atoms with van der Waals surface area (Å²) in [5, 5.41) is 20.8. The first-order valence-corrected chi connectivity index (χ1v) is 12.0. The van der Waals surface area contributed by atoms with Crippen molar-refractivity contribution in [2.75, 3.05) is 18.5 Å². The third-order valence-corrected chi connectivity index (χ3v) is 5.03. The lowest BCUT2D eigenvalue weighted by Crippen LogP contribution is -2.38. The van der Waals surface area contributed by atoms with Crippen LogP contribution in [0.5, 0.6) is 5.75 Å². The fourth-order valence-corrected chi connectivity index (χ4v) is 3.33. The number of anilines is 2. The van der Waals surface area contributed by atoms with E-state index in [0.717, 1.165) is 12.6 Å². The van der Waals surface area contributed by atoms with Crippen LogP contribution in [-0.4, -0.2) is 46.5 Å². The molecule has 1 aromatic heterocycles. The second-order valence-electron chi connectivity index (χ2n) is 8.16. The molecule has 0 bridgehead atoms. The Kier molecular flexibility index (Phi) is 11.9. The number of ether oxygens (including phenoxy) is 2. The molecule has 0 saturated heterocycles. The lowest BCUT2D eigenvalue weighted by molar-refractivity contribution is -0.139. The Bertz CT molecular complexity index is 1390. The van der Waals surface area contributed by atoms with Gasteiger partial charge in [-0.3, -0.25) is 29.2 Å². The van der Waals surface area contributed by atoms with Gasteiger partial charge >= 0.3 is 0 Å². The highest BCUT2D eigenvalue weighted by Gasteiger charge is 2.23. The molecule has 40 heavy (non-hydrogen) atoms. The summed E-state index contributed by atoms with van der Waals surface area (Å²) in [7, 11) is 0. The van der Waals surface area contributed by atoms with Gasteiger partial charge in [-0.2, -0.15) is 0 Å². The van der Waals surface area contributed by atoms with E-state index in [9.17, 15) is 14.4 Å². The summed E-state index contributed by atoms with van der Waals surface area (Å²) < 4.78 is 12.2. The zero-order valence-corrected chi connectivity index (χ0v) is 22.0. The van der Waals surface area contributed by atoms with E-state index in [-0.39, 0.29) is 37.0 Å². The van der Waals surface area contributed by atoms with E-state index in [1.807, 2.05) is 30.3 Å². The van der Waals surface area contributed by atoms with Gasteiger partial charge < -0.3 is 36.7 Å². The van der Waals surface area contributed by atoms with E-state index >= 15 is 0 Å². The number of nitrogen functional groups attached to an aromatic ring is 1. The van der Waals surface area contributed by atoms with Crippen LogP contribution in [0.4, 0.5) is 11.4 Å². The second-order valence-corrected chi connectivity index (χ2v) is 8.16. The SMILES string of the molecule is CC(=O)O.CCOC(C(=O)NCc1ccc(C(=N)N)cc1OCC(N)=O)n1cccc(Nc2ccccc2)c1=O. The van der Waals surface area contributed by atoms with E-state index < -0.39 is 29.6 Å². The monoisotopic (exact) mass is 552 g/mol. The van der Waals surface area contributed by atoms with E-state index in [1.165, 1.54) is 16.8 Å². The van der Waals surface area contributed by atoms with Gasteiger partial charge in [0.05, 0.1) is 0 Å². The van der Waals surface area contributed by atoms with Crippen molar-refractivity contribution in [3.8, 4) is 5.75 Å². The fraction of sp³-hybridized carbons (Fsp3) is 0.222. The summed E-state index contributed by atoms with van der Waals surface area (Å²) in [5.74, 6) is -2.03. The van der Waals surface area contributed by atoms with Gasteiger partial charge in [0.2, 0.25) is 6.23 Å². The maximum atomic E-state index is 13.1. The maximum Gasteiger partial charge on any atom is 0.300 e. The number of carboxylic acid groups (broad SMARTS) is 1. The van der Waals surface area contributed by atoms with Crippen LogP contribution in [0.3, 0.4) is 0 Å². The third kappa shape index (κ3) is 9.61. The molecule has 13 nitrogen and oxygen atoms in total. The Labute approximate surface area is 230 Å². The van der Waals surface area contributed by atoms with Crippen LogP contribution in [0.15, 0.2) is 71.7 Å². The number of hydrogen-bond donors (Lipinski definition) is 6. The summed E-state index contributed by atoms with van der Waals surface area (Å²) in [6.45, 7) is 2.58. The molecule has 2 amide bonds. The molecule has 1 atom stereocenters. The highest BCUT2D eigenvalue weighted by Crippen LogP contribution is 2.21. The van der Waals surface area contributed by atoms with Crippen LogP contribution in [0, 0.1) is 5.41 Å². The van der Waals surface area contributed by atoms with Crippen molar-refractivity contribution < 1.29 is 29.0 Å². The summed E-state index contributed by atoms with van der Waals surface area (Å²) in [6.07, 6.45) is 0.244. The zero-order chi connectivity index (χ0) is 29.7. The number of carbonyl (C=O) groups excluding carboxylic acids is 2. The van der Waals surface area contributed by atoms with E-state index in [1.54, 1.807) is 31.2 Å². The van der Waals surface area contributed by atoms with Gasteiger partial charge in [-0.25, -0.2) is 0 Å². The van der Waals surface area contributed by atoms with Crippen molar-refractivity contribution in [3.63, 3.8) is 0 Å². The number of carboxylic acids is 1. The molecular weight excluding hydrogens is 520 g/mol. The van der Waals surface area contributed by atoms with Gasteiger partial charge in [-0.15, -0.1) is 0 Å². The number of nitrogens with zero attached hydrogens (tertiary/aromatic N) is 1. The van der Waals surface area contributed by atoms with Crippen LogP contribution in [-0.2, 0) is 25.7 Å². The molecule has 13 heteroatoms. The molecule has 0 aliphatic carbocycles. The number of para-hydroxylation sites is 1. The highest BCUT2D eigenvalue weighted by atomic mass is 16.5. The summed E-state index contributed by atoms with van der Waals surface area (Å²) in [4.78, 5) is 46.4. The number of hydrogen-bond acceptors (Lipinski definition) is 8. The molecule has 8 N–H and O–H groups in total. The lowest BCUT2D eigenvalue weighted by Gasteiger charge is -2.21. The number of benzene rings is 2.